The van der Waals surface area contributed by atoms with Crippen LogP contribution in [-0.4, -0.2) is 62.0 Å². The molecule has 1 atom stereocenters. The van der Waals surface area contributed by atoms with Crippen LogP contribution >= 0.6 is 0 Å². The van der Waals surface area contributed by atoms with E-state index in [1.807, 2.05) is 19.0 Å². The zero-order chi connectivity index (χ0) is 17.3. The van der Waals surface area contributed by atoms with Crippen LogP contribution in [0.3, 0.4) is 0 Å². The number of imidazole rings is 1. The number of hydrogen-bond donors (Lipinski definition) is 2. The molecule has 0 amide bonds. The number of anilines is 1. The molecule has 0 fully saturated rings. The first-order valence-corrected chi connectivity index (χ1v) is 7.47. The Morgan fingerprint density at radius 2 is 1.91 bits per heavy atom. The van der Waals surface area contributed by atoms with Crippen molar-refractivity contribution in [2.75, 3.05) is 32.5 Å². The van der Waals surface area contributed by atoms with Crippen molar-refractivity contribution >= 4 is 17.1 Å². The van der Waals surface area contributed by atoms with E-state index in [2.05, 4.69) is 10.3 Å². The molecule has 0 aliphatic carbocycles. The summed E-state index contributed by atoms with van der Waals surface area (Å²) in [6, 6.07) is 0. The predicted molar refractivity (Wildman–Crippen MR) is 88.9 cm³/mol. The molecule has 2 aromatic rings. The summed E-state index contributed by atoms with van der Waals surface area (Å²) < 4.78 is 4.02. The topological polar surface area (TPSA) is 97.3 Å². The molecular weight excluding hydrogens is 300 g/mol. The van der Waals surface area contributed by atoms with E-state index in [9.17, 15) is 14.7 Å². The fourth-order valence-corrected chi connectivity index (χ4v) is 2.41. The van der Waals surface area contributed by atoms with Crippen LogP contribution in [0.2, 0.25) is 0 Å². The molecule has 0 spiro atoms. The van der Waals surface area contributed by atoms with Gasteiger partial charge >= 0.3 is 5.69 Å². The van der Waals surface area contributed by atoms with E-state index in [-0.39, 0.29) is 6.54 Å². The van der Waals surface area contributed by atoms with Gasteiger partial charge in [-0.2, -0.15) is 4.98 Å². The van der Waals surface area contributed by atoms with Gasteiger partial charge < -0.3 is 19.9 Å². The van der Waals surface area contributed by atoms with Gasteiger partial charge in [-0.15, -0.1) is 0 Å². The monoisotopic (exact) mass is 324 g/mol. The molecule has 0 saturated heterocycles. The van der Waals surface area contributed by atoms with E-state index in [1.165, 1.54) is 11.6 Å². The van der Waals surface area contributed by atoms with Crippen LogP contribution in [0.5, 0.6) is 0 Å². The lowest BCUT2D eigenvalue weighted by Crippen LogP contribution is -2.37. The van der Waals surface area contributed by atoms with Gasteiger partial charge in [0.25, 0.3) is 5.56 Å². The van der Waals surface area contributed by atoms with Crippen molar-refractivity contribution in [3.8, 4) is 0 Å². The van der Waals surface area contributed by atoms with Gasteiger partial charge in [0.05, 0.1) is 12.6 Å². The molecule has 0 radical (unpaired) electrons. The van der Waals surface area contributed by atoms with Gasteiger partial charge in [0.15, 0.2) is 11.2 Å². The number of nitrogens with zero attached hydrogens (tertiary/aromatic N) is 5. The first-order valence-electron chi connectivity index (χ1n) is 7.47. The minimum absolute atomic E-state index is 0.217. The van der Waals surface area contributed by atoms with Crippen molar-refractivity contribution in [2.24, 2.45) is 14.1 Å². The van der Waals surface area contributed by atoms with Gasteiger partial charge in [-0.05, 0) is 21.0 Å². The number of fused-ring (bicyclic) bond motifs is 1. The highest BCUT2D eigenvalue weighted by Crippen LogP contribution is 2.16. The molecule has 2 N–H and O–H groups in total. The summed E-state index contributed by atoms with van der Waals surface area (Å²) in [6.07, 6.45) is -0.649. The van der Waals surface area contributed by atoms with Crippen molar-refractivity contribution in [2.45, 2.75) is 19.6 Å². The number of aromatic nitrogens is 4. The minimum atomic E-state index is -0.649. The Labute approximate surface area is 133 Å². The van der Waals surface area contributed by atoms with E-state index < -0.39 is 17.4 Å². The quantitative estimate of drug-likeness (QED) is 0.692. The van der Waals surface area contributed by atoms with E-state index >= 15 is 0 Å². The Morgan fingerprint density at radius 1 is 1.26 bits per heavy atom. The van der Waals surface area contributed by atoms with Gasteiger partial charge in [0.1, 0.15) is 0 Å². The fraction of sp³-hybridized carbons (Fsp3) is 0.643. The largest absolute Gasteiger partial charge is 0.392 e. The Hall–Kier alpha value is -2.13. The third-order valence-electron chi connectivity index (χ3n) is 3.64. The van der Waals surface area contributed by atoms with Gasteiger partial charge in [-0.3, -0.25) is 13.9 Å². The number of aryl methyl sites for hydroxylation is 1. The van der Waals surface area contributed by atoms with Crippen LogP contribution in [0.1, 0.15) is 6.92 Å². The molecule has 0 saturated carbocycles. The van der Waals surface area contributed by atoms with Crippen LogP contribution in [-0.2, 0) is 20.6 Å². The average Bonchev–Trinajstić information content (AvgIpc) is 2.81. The molecule has 2 aromatic heterocycles. The molecule has 9 heteroatoms. The molecule has 0 bridgehead atoms. The van der Waals surface area contributed by atoms with Crippen molar-refractivity contribution in [1.82, 2.24) is 23.6 Å². The molecule has 2 rings (SSSR count). The number of rotatable bonds is 6. The standard InChI is InChI=1S/C14H24N6O3/c1-9(21)8-20-10-11(16-13(20)15-6-7-17(2)3)18(4)14(23)19(5)12(10)22/h9,21H,6-8H2,1-5H3,(H,15,16)/t9-/m0/s1. The normalized spacial score (nSPS) is 13.0. The predicted octanol–water partition coefficient (Wildman–Crippen LogP) is -1.21. The summed E-state index contributed by atoms with van der Waals surface area (Å²) in [5.41, 5.74) is -0.227. The van der Waals surface area contributed by atoms with Crippen LogP contribution in [0.15, 0.2) is 9.59 Å². The second-order valence-electron chi connectivity index (χ2n) is 6.00. The number of nitrogens with one attached hydrogen (secondary N) is 1. The van der Waals surface area contributed by atoms with Crippen molar-refractivity contribution < 1.29 is 5.11 Å². The lowest BCUT2D eigenvalue weighted by molar-refractivity contribution is 0.175. The van der Waals surface area contributed by atoms with Crippen molar-refractivity contribution in [3.05, 3.63) is 20.8 Å². The van der Waals surface area contributed by atoms with E-state index in [0.717, 1.165) is 11.1 Å². The summed E-state index contributed by atoms with van der Waals surface area (Å²) in [5.74, 6) is 0.473. The molecule has 0 aromatic carbocycles. The second kappa shape index (κ2) is 6.55. The number of likely N-dealkylation sites (N-methyl/N-ethyl adjacent to an activating group) is 1. The maximum atomic E-state index is 12.5. The lowest BCUT2D eigenvalue weighted by atomic mass is 10.4. The van der Waals surface area contributed by atoms with Crippen molar-refractivity contribution in [1.29, 1.82) is 0 Å². The number of aliphatic hydroxyl groups is 1. The van der Waals surface area contributed by atoms with Crippen LogP contribution < -0.4 is 16.6 Å². The fourth-order valence-electron chi connectivity index (χ4n) is 2.41. The zero-order valence-corrected chi connectivity index (χ0v) is 14.2. The van der Waals surface area contributed by atoms with Crippen molar-refractivity contribution in [3.63, 3.8) is 0 Å². The second-order valence-corrected chi connectivity index (χ2v) is 6.00. The third kappa shape index (κ3) is 3.30. The number of hydrogen-bond acceptors (Lipinski definition) is 6. The molecule has 9 nitrogen and oxygen atoms in total. The summed E-state index contributed by atoms with van der Waals surface area (Å²) in [7, 11) is 6.93. The molecule has 23 heavy (non-hydrogen) atoms. The Morgan fingerprint density at radius 3 is 2.48 bits per heavy atom. The van der Waals surface area contributed by atoms with Gasteiger partial charge in [0, 0.05) is 27.2 Å². The van der Waals surface area contributed by atoms with Crippen LogP contribution in [0.25, 0.3) is 11.2 Å². The number of aliphatic hydroxyl groups excluding tert-OH is 1. The van der Waals surface area contributed by atoms with E-state index in [1.54, 1.807) is 18.5 Å². The minimum Gasteiger partial charge on any atom is -0.392 e. The smallest absolute Gasteiger partial charge is 0.332 e. The van der Waals surface area contributed by atoms with Crippen LogP contribution in [0.4, 0.5) is 5.95 Å². The summed E-state index contributed by atoms with van der Waals surface area (Å²) in [5, 5.41) is 12.9. The first kappa shape index (κ1) is 17.2. The third-order valence-corrected chi connectivity index (χ3v) is 3.64. The molecule has 128 valence electrons. The molecule has 0 unspecified atom stereocenters. The highest BCUT2D eigenvalue weighted by molar-refractivity contribution is 5.74. The highest BCUT2D eigenvalue weighted by atomic mass is 16.3. The SMILES string of the molecule is C[C@H](O)Cn1c(NCCN(C)C)nc2c1c(=O)n(C)c(=O)n2C. The van der Waals surface area contributed by atoms with Gasteiger partial charge in [-0.1, -0.05) is 0 Å². The zero-order valence-electron chi connectivity index (χ0n) is 14.2. The Bertz CT molecular complexity index is 814. The molecule has 0 aliphatic heterocycles. The lowest BCUT2D eigenvalue weighted by Gasteiger charge is -2.14. The average molecular weight is 324 g/mol. The molecule has 2 heterocycles. The molecule has 0 aliphatic rings. The van der Waals surface area contributed by atoms with Crippen LogP contribution in [0, 0.1) is 0 Å². The Balaban J connectivity index is 2.62. The van der Waals surface area contributed by atoms with Gasteiger partial charge in [-0.25, -0.2) is 4.79 Å². The summed E-state index contributed by atoms with van der Waals surface area (Å²) >= 11 is 0. The summed E-state index contributed by atoms with van der Waals surface area (Å²) in [4.78, 5) is 30.9. The van der Waals surface area contributed by atoms with Gasteiger partial charge in [0.2, 0.25) is 5.95 Å². The first-order chi connectivity index (χ1) is 10.7. The maximum absolute atomic E-state index is 12.5. The highest BCUT2D eigenvalue weighted by Gasteiger charge is 2.19. The van der Waals surface area contributed by atoms with E-state index in [4.69, 9.17) is 0 Å². The molecular formula is C14H24N6O3. The summed E-state index contributed by atoms with van der Waals surface area (Å²) in [6.45, 7) is 3.27. The van der Waals surface area contributed by atoms with E-state index in [0.29, 0.717) is 23.7 Å². The Kier molecular flexibility index (Phi) is 4.90. The maximum Gasteiger partial charge on any atom is 0.332 e.